The molecule has 2 heterocycles. The van der Waals surface area contributed by atoms with Crippen molar-refractivity contribution in [2.45, 2.75) is 31.4 Å². The number of ether oxygens (including phenoxy) is 1. The first kappa shape index (κ1) is 15.7. The number of rotatable bonds is 4. The quantitative estimate of drug-likeness (QED) is 0.689. The van der Waals surface area contributed by atoms with E-state index in [0.717, 1.165) is 6.54 Å². The van der Waals surface area contributed by atoms with Gasteiger partial charge < -0.3 is 15.4 Å². The molecule has 1 amide bonds. The van der Waals surface area contributed by atoms with Crippen LogP contribution < -0.4 is 10.6 Å². The Morgan fingerprint density at radius 3 is 2.65 bits per heavy atom. The van der Waals surface area contributed by atoms with Crippen LogP contribution in [0.15, 0.2) is 0 Å². The molecule has 1 atom stereocenters. The fourth-order valence-electron chi connectivity index (χ4n) is 2.58. The van der Waals surface area contributed by atoms with Crippen molar-refractivity contribution in [1.29, 1.82) is 0 Å². The van der Waals surface area contributed by atoms with Crippen LogP contribution >= 0.6 is 0 Å². The average molecular weight is 305 g/mol. The highest BCUT2D eigenvalue weighted by molar-refractivity contribution is 7.88. The lowest BCUT2D eigenvalue weighted by molar-refractivity contribution is -0.125. The fourth-order valence-corrected chi connectivity index (χ4v) is 3.45. The first-order chi connectivity index (χ1) is 9.45. The minimum Gasteiger partial charge on any atom is -0.375 e. The molecule has 2 fully saturated rings. The topological polar surface area (TPSA) is 87.7 Å². The zero-order chi connectivity index (χ0) is 14.6. The summed E-state index contributed by atoms with van der Waals surface area (Å²) in [5.74, 6) is -0.0171. The zero-order valence-corrected chi connectivity index (χ0v) is 12.6. The van der Waals surface area contributed by atoms with Crippen molar-refractivity contribution in [3.63, 3.8) is 0 Å². The molecule has 0 radical (unpaired) electrons. The molecule has 0 spiro atoms. The van der Waals surface area contributed by atoms with Crippen molar-refractivity contribution in [3.8, 4) is 0 Å². The molecular weight excluding hydrogens is 282 g/mol. The number of piperidine rings is 1. The van der Waals surface area contributed by atoms with Crippen LogP contribution in [0.2, 0.25) is 0 Å². The van der Waals surface area contributed by atoms with Gasteiger partial charge in [-0.25, -0.2) is 12.7 Å². The van der Waals surface area contributed by atoms with Crippen LogP contribution in [0, 0.1) is 0 Å². The van der Waals surface area contributed by atoms with Crippen LogP contribution in [0.3, 0.4) is 0 Å². The van der Waals surface area contributed by atoms with Gasteiger partial charge in [-0.2, -0.15) is 0 Å². The Balaban J connectivity index is 1.70. The summed E-state index contributed by atoms with van der Waals surface area (Å²) in [6.07, 6.45) is 2.86. The van der Waals surface area contributed by atoms with E-state index in [-0.39, 0.29) is 18.1 Å². The lowest BCUT2D eigenvalue weighted by Crippen LogP contribution is -2.48. The first-order valence-electron chi connectivity index (χ1n) is 7.02. The van der Waals surface area contributed by atoms with Crippen LogP contribution in [-0.4, -0.2) is 69.8 Å². The number of carbonyl (C=O) groups is 1. The molecule has 116 valence electrons. The SMILES string of the molecule is CS(=O)(=O)N1CCC(NC(=O)CC2CNCCO2)CC1. The summed E-state index contributed by atoms with van der Waals surface area (Å²) < 4.78 is 29.7. The van der Waals surface area contributed by atoms with Crippen molar-refractivity contribution in [1.82, 2.24) is 14.9 Å². The Kier molecular flexibility index (Phi) is 5.36. The molecule has 0 aromatic rings. The molecule has 20 heavy (non-hydrogen) atoms. The van der Waals surface area contributed by atoms with Gasteiger partial charge in [0.05, 0.1) is 25.4 Å². The predicted molar refractivity (Wildman–Crippen MR) is 74.8 cm³/mol. The third-order valence-electron chi connectivity index (χ3n) is 3.71. The third kappa shape index (κ3) is 4.69. The Hall–Kier alpha value is -0.700. The number of hydrogen-bond acceptors (Lipinski definition) is 5. The summed E-state index contributed by atoms with van der Waals surface area (Å²) in [4.78, 5) is 11.9. The molecule has 2 rings (SSSR count). The lowest BCUT2D eigenvalue weighted by Gasteiger charge is -2.31. The highest BCUT2D eigenvalue weighted by atomic mass is 32.2. The van der Waals surface area contributed by atoms with Gasteiger partial charge in [-0.05, 0) is 12.8 Å². The second-order valence-corrected chi connectivity index (χ2v) is 7.39. The molecule has 2 saturated heterocycles. The van der Waals surface area contributed by atoms with Gasteiger partial charge in [0, 0.05) is 32.2 Å². The van der Waals surface area contributed by atoms with Gasteiger partial charge in [0.15, 0.2) is 0 Å². The molecule has 2 aliphatic heterocycles. The minimum absolute atomic E-state index is 0.0171. The van der Waals surface area contributed by atoms with Crippen molar-refractivity contribution in [3.05, 3.63) is 0 Å². The molecule has 0 aromatic carbocycles. The van der Waals surface area contributed by atoms with Gasteiger partial charge >= 0.3 is 0 Å². The van der Waals surface area contributed by atoms with Gasteiger partial charge in [0.1, 0.15) is 0 Å². The van der Waals surface area contributed by atoms with Crippen LogP contribution in [0.25, 0.3) is 0 Å². The van der Waals surface area contributed by atoms with Crippen LogP contribution in [0.4, 0.5) is 0 Å². The van der Waals surface area contributed by atoms with Gasteiger partial charge in [-0.1, -0.05) is 0 Å². The lowest BCUT2D eigenvalue weighted by atomic mass is 10.1. The predicted octanol–water partition coefficient (Wildman–Crippen LogP) is -1.09. The summed E-state index contributed by atoms with van der Waals surface area (Å²) in [6.45, 7) is 3.14. The van der Waals surface area contributed by atoms with E-state index in [0.29, 0.717) is 45.5 Å². The van der Waals surface area contributed by atoms with Crippen LogP contribution in [0.1, 0.15) is 19.3 Å². The summed E-state index contributed by atoms with van der Waals surface area (Å²) in [6, 6.07) is 0.0667. The minimum atomic E-state index is -3.11. The van der Waals surface area contributed by atoms with Crippen molar-refractivity contribution in [2.24, 2.45) is 0 Å². The summed E-state index contributed by atoms with van der Waals surface area (Å²) in [7, 11) is -3.11. The average Bonchev–Trinajstić information content (AvgIpc) is 2.39. The molecule has 0 bridgehead atoms. The van der Waals surface area contributed by atoms with E-state index in [1.807, 2.05) is 0 Å². The van der Waals surface area contributed by atoms with Crippen LogP contribution in [0.5, 0.6) is 0 Å². The number of nitrogens with one attached hydrogen (secondary N) is 2. The Morgan fingerprint density at radius 1 is 1.40 bits per heavy atom. The van der Waals surface area contributed by atoms with E-state index in [1.54, 1.807) is 0 Å². The number of sulfonamides is 1. The van der Waals surface area contributed by atoms with E-state index in [4.69, 9.17) is 4.74 Å². The summed E-state index contributed by atoms with van der Waals surface area (Å²) in [5.41, 5.74) is 0. The fraction of sp³-hybridized carbons (Fsp3) is 0.917. The highest BCUT2D eigenvalue weighted by Crippen LogP contribution is 2.13. The molecule has 2 aliphatic rings. The van der Waals surface area contributed by atoms with Crippen molar-refractivity contribution in [2.75, 3.05) is 39.0 Å². The van der Waals surface area contributed by atoms with Gasteiger partial charge in [-0.15, -0.1) is 0 Å². The molecule has 2 N–H and O–H groups in total. The van der Waals surface area contributed by atoms with Crippen molar-refractivity contribution >= 4 is 15.9 Å². The van der Waals surface area contributed by atoms with E-state index in [1.165, 1.54) is 10.6 Å². The van der Waals surface area contributed by atoms with E-state index < -0.39 is 10.0 Å². The van der Waals surface area contributed by atoms with Gasteiger partial charge in [0.25, 0.3) is 0 Å². The maximum atomic E-state index is 11.9. The summed E-state index contributed by atoms with van der Waals surface area (Å²) in [5, 5.41) is 6.16. The molecule has 7 nitrogen and oxygen atoms in total. The molecule has 0 aliphatic carbocycles. The Bertz CT molecular complexity index is 426. The third-order valence-corrected chi connectivity index (χ3v) is 5.01. The first-order valence-corrected chi connectivity index (χ1v) is 8.87. The molecule has 0 saturated carbocycles. The molecule has 8 heteroatoms. The number of amides is 1. The maximum Gasteiger partial charge on any atom is 0.222 e. The molecular formula is C12H23N3O4S. The second kappa shape index (κ2) is 6.84. The normalized spacial score (nSPS) is 26.4. The van der Waals surface area contributed by atoms with Gasteiger partial charge in [-0.3, -0.25) is 4.79 Å². The monoisotopic (exact) mass is 305 g/mol. The van der Waals surface area contributed by atoms with Gasteiger partial charge in [0.2, 0.25) is 15.9 Å². The molecule has 0 aromatic heterocycles. The van der Waals surface area contributed by atoms with Crippen LogP contribution in [-0.2, 0) is 19.6 Å². The number of carbonyl (C=O) groups excluding carboxylic acids is 1. The number of hydrogen-bond donors (Lipinski definition) is 2. The number of morpholine rings is 1. The number of nitrogens with zero attached hydrogens (tertiary/aromatic N) is 1. The summed E-state index contributed by atoms with van der Waals surface area (Å²) >= 11 is 0. The smallest absolute Gasteiger partial charge is 0.222 e. The van der Waals surface area contributed by atoms with E-state index >= 15 is 0 Å². The highest BCUT2D eigenvalue weighted by Gasteiger charge is 2.26. The Morgan fingerprint density at radius 2 is 2.10 bits per heavy atom. The Labute approximate surface area is 120 Å². The zero-order valence-electron chi connectivity index (χ0n) is 11.8. The van der Waals surface area contributed by atoms with E-state index in [9.17, 15) is 13.2 Å². The van der Waals surface area contributed by atoms with E-state index in [2.05, 4.69) is 10.6 Å². The molecule has 1 unspecified atom stereocenters. The van der Waals surface area contributed by atoms with Crippen molar-refractivity contribution < 1.29 is 17.9 Å². The maximum absolute atomic E-state index is 11.9. The standard InChI is InChI=1S/C12H23N3O4S/c1-20(17,18)15-5-2-10(3-6-15)14-12(16)8-11-9-13-4-7-19-11/h10-11,13H,2-9H2,1H3,(H,14,16). The largest absolute Gasteiger partial charge is 0.375 e. The second-order valence-electron chi connectivity index (χ2n) is 5.40.